The molecule has 0 unspecified atom stereocenters. The molecule has 0 bridgehead atoms. The third-order valence-electron chi connectivity index (χ3n) is 5.11. The minimum atomic E-state index is -0.379. The Hall–Kier alpha value is -2.16. The monoisotopic (exact) mass is 399 g/mol. The predicted octanol–water partition coefficient (Wildman–Crippen LogP) is 2.82. The number of thiazole rings is 1. The highest BCUT2D eigenvalue weighted by Gasteiger charge is 2.37. The Morgan fingerprint density at radius 2 is 2.11 bits per heavy atom. The number of nitrogens with zero attached hydrogens (tertiary/aromatic N) is 5. The lowest BCUT2D eigenvalue weighted by Gasteiger charge is -2.26. The third-order valence-corrected chi connectivity index (χ3v) is 6.12. The van der Waals surface area contributed by atoms with Gasteiger partial charge in [0.1, 0.15) is 5.92 Å². The standard InChI is InChI=1S/C20H25N5O2S/c1-14(21-8-5-9-24-10-12-27-13-11-24)18-15(2)23-25(19(18)26)20-22-16-6-3-4-7-17(16)28-20/h3-4,6-7,18H,5,8-13H2,1-2H3/t18-/m1/s1. The maximum atomic E-state index is 13.0. The van der Waals surface area contributed by atoms with Crippen molar-refractivity contribution >= 4 is 44.0 Å². The van der Waals surface area contributed by atoms with Gasteiger partial charge in [-0.15, -0.1) is 0 Å². The van der Waals surface area contributed by atoms with Gasteiger partial charge >= 0.3 is 0 Å². The van der Waals surface area contributed by atoms with Gasteiger partial charge in [0.25, 0.3) is 5.91 Å². The summed E-state index contributed by atoms with van der Waals surface area (Å²) < 4.78 is 6.42. The van der Waals surface area contributed by atoms with Crippen LogP contribution in [0.2, 0.25) is 0 Å². The molecule has 1 aromatic heterocycles. The first-order chi connectivity index (χ1) is 13.6. The zero-order valence-electron chi connectivity index (χ0n) is 16.3. The van der Waals surface area contributed by atoms with Crippen molar-refractivity contribution in [3.8, 4) is 0 Å². The second kappa shape index (κ2) is 8.46. The second-order valence-corrected chi connectivity index (χ2v) is 8.13. The quantitative estimate of drug-likeness (QED) is 0.553. The lowest BCUT2D eigenvalue weighted by atomic mass is 9.99. The number of amides is 1. The van der Waals surface area contributed by atoms with Crippen LogP contribution in [0.5, 0.6) is 0 Å². The van der Waals surface area contributed by atoms with Gasteiger partial charge in [-0.3, -0.25) is 14.7 Å². The van der Waals surface area contributed by atoms with Crippen LogP contribution in [0.1, 0.15) is 20.3 Å². The van der Waals surface area contributed by atoms with E-state index in [-0.39, 0.29) is 11.8 Å². The van der Waals surface area contributed by atoms with Crippen LogP contribution in [0, 0.1) is 5.92 Å². The minimum Gasteiger partial charge on any atom is -0.379 e. The molecule has 1 saturated heterocycles. The molecule has 1 aromatic carbocycles. The molecule has 0 spiro atoms. The van der Waals surface area contributed by atoms with Crippen LogP contribution < -0.4 is 5.01 Å². The maximum Gasteiger partial charge on any atom is 0.264 e. The van der Waals surface area contributed by atoms with Crippen LogP contribution >= 0.6 is 11.3 Å². The first kappa shape index (κ1) is 19.2. The number of aliphatic imine (C=N–C) groups is 1. The summed E-state index contributed by atoms with van der Waals surface area (Å²) >= 11 is 1.48. The van der Waals surface area contributed by atoms with Crippen LogP contribution in [-0.4, -0.2) is 66.6 Å². The number of morpholine rings is 1. The van der Waals surface area contributed by atoms with Crippen LogP contribution in [0.3, 0.4) is 0 Å². The van der Waals surface area contributed by atoms with E-state index in [2.05, 4.69) is 20.0 Å². The smallest absolute Gasteiger partial charge is 0.264 e. The van der Waals surface area contributed by atoms with Gasteiger partial charge in [-0.05, 0) is 32.4 Å². The van der Waals surface area contributed by atoms with Crippen LogP contribution in [0.4, 0.5) is 5.13 Å². The highest BCUT2D eigenvalue weighted by Crippen LogP contribution is 2.32. The minimum absolute atomic E-state index is 0.0639. The number of anilines is 1. The molecular formula is C20H25N5O2S. The van der Waals surface area contributed by atoms with E-state index < -0.39 is 0 Å². The van der Waals surface area contributed by atoms with Crippen molar-refractivity contribution < 1.29 is 9.53 Å². The average Bonchev–Trinajstić information content (AvgIpc) is 3.26. The zero-order chi connectivity index (χ0) is 19.5. The molecule has 2 aromatic rings. The third kappa shape index (κ3) is 3.99. The summed E-state index contributed by atoms with van der Waals surface area (Å²) in [5.74, 6) is -0.443. The number of benzene rings is 1. The first-order valence-electron chi connectivity index (χ1n) is 9.69. The van der Waals surface area contributed by atoms with E-state index >= 15 is 0 Å². The number of hydrogen-bond acceptors (Lipinski definition) is 7. The molecule has 1 atom stereocenters. The van der Waals surface area contributed by atoms with Gasteiger partial charge < -0.3 is 4.74 Å². The molecule has 2 aliphatic heterocycles. The van der Waals surface area contributed by atoms with E-state index in [9.17, 15) is 4.79 Å². The molecular weight excluding hydrogens is 374 g/mol. The Bertz CT molecular complexity index is 883. The van der Waals surface area contributed by atoms with Crippen molar-refractivity contribution in [2.24, 2.45) is 16.0 Å². The largest absolute Gasteiger partial charge is 0.379 e. The zero-order valence-corrected chi connectivity index (χ0v) is 17.1. The van der Waals surface area contributed by atoms with E-state index in [1.165, 1.54) is 16.3 Å². The van der Waals surface area contributed by atoms with Crippen LogP contribution in [0.25, 0.3) is 10.2 Å². The molecule has 0 saturated carbocycles. The molecule has 3 heterocycles. The highest BCUT2D eigenvalue weighted by atomic mass is 32.1. The summed E-state index contributed by atoms with van der Waals surface area (Å²) in [6.45, 7) is 9.18. The number of rotatable bonds is 6. The van der Waals surface area contributed by atoms with E-state index in [0.717, 1.165) is 67.5 Å². The summed E-state index contributed by atoms with van der Waals surface area (Å²) in [5.41, 5.74) is 2.50. The summed E-state index contributed by atoms with van der Waals surface area (Å²) in [6.07, 6.45) is 0.982. The van der Waals surface area contributed by atoms with Crippen LogP contribution in [0.15, 0.2) is 34.4 Å². The fourth-order valence-corrected chi connectivity index (χ4v) is 4.52. The van der Waals surface area contributed by atoms with Crippen molar-refractivity contribution in [1.82, 2.24) is 9.88 Å². The fourth-order valence-electron chi connectivity index (χ4n) is 3.60. The highest BCUT2D eigenvalue weighted by molar-refractivity contribution is 7.22. The maximum absolute atomic E-state index is 13.0. The molecule has 2 aliphatic rings. The van der Waals surface area contributed by atoms with E-state index in [1.54, 1.807) is 0 Å². The van der Waals surface area contributed by atoms with Gasteiger partial charge in [-0.2, -0.15) is 10.1 Å². The van der Waals surface area contributed by atoms with Crippen molar-refractivity contribution in [2.75, 3.05) is 44.4 Å². The normalized spacial score (nSPS) is 21.6. The van der Waals surface area contributed by atoms with Gasteiger partial charge in [-0.25, -0.2) is 4.98 Å². The molecule has 7 nitrogen and oxygen atoms in total. The van der Waals surface area contributed by atoms with E-state index in [1.807, 2.05) is 38.1 Å². The lowest BCUT2D eigenvalue weighted by Crippen LogP contribution is -2.37. The van der Waals surface area contributed by atoms with E-state index in [0.29, 0.717) is 5.13 Å². The predicted molar refractivity (Wildman–Crippen MR) is 114 cm³/mol. The van der Waals surface area contributed by atoms with Crippen LogP contribution in [-0.2, 0) is 9.53 Å². The van der Waals surface area contributed by atoms with Crippen molar-refractivity contribution in [3.05, 3.63) is 24.3 Å². The molecule has 28 heavy (non-hydrogen) atoms. The Labute approximate surface area is 168 Å². The Kier molecular flexibility index (Phi) is 5.79. The van der Waals surface area contributed by atoms with Crippen molar-refractivity contribution in [3.63, 3.8) is 0 Å². The van der Waals surface area contributed by atoms with Crippen molar-refractivity contribution in [2.45, 2.75) is 20.3 Å². The molecule has 0 radical (unpaired) electrons. The van der Waals surface area contributed by atoms with Gasteiger partial charge in [0.15, 0.2) is 0 Å². The molecule has 0 N–H and O–H groups in total. The van der Waals surface area contributed by atoms with Gasteiger partial charge in [0, 0.05) is 31.9 Å². The topological polar surface area (TPSA) is 70.4 Å². The van der Waals surface area contributed by atoms with Gasteiger partial charge in [-0.1, -0.05) is 23.5 Å². The molecule has 8 heteroatoms. The number of hydrogen-bond donors (Lipinski definition) is 0. The molecule has 148 valence electrons. The fraction of sp³-hybridized carbons (Fsp3) is 0.500. The number of fused-ring (bicyclic) bond motifs is 1. The number of para-hydroxylation sites is 1. The molecule has 1 fully saturated rings. The first-order valence-corrected chi connectivity index (χ1v) is 10.5. The number of carbonyl (C=O) groups is 1. The number of hydrazone groups is 1. The SMILES string of the molecule is CC(=NCCCN1CCOCC1)[C@H]1C(=O)N(c2nc3ccccc3s2)N=C1C. The molecule has 0 aliphatic carbocycles. The summed E-state index contributed by atoms with van der Waals surface area (Å²) in [4.78, 5) is 24.6. The Morgan fingerprint density at radius 3 is 2.89 bits per heavy atom. The van der Waals surface area contributed by atoms with Gasteiger partial charge in [0.05, 0.1) is 29.1 Å². The van der Waals surface area contributed by atoms with Gasteiger partial charge in [0.2, 0.25) is 5.13 Å². The molecule has 1 amide bonds. The molecule has 4 rings (SSSR count). The second-order valence-electron chi connectivity index (χ2n) is 7.12. The summed E-state index contributed by atoms with van der Waals surface area (Å²) in [6, 6.07) is 7.88. The number of carbonyl (C=O) groups excluding carboxylic acids is 1. The Morgan fingerprint density at radius 1 is 1.32 bits per heavy atom. The lowest BCUT2D eigenvalue weighted by molar-refractivity contribution is -0.118. The Balaban J connectivity index is 1.39. The van der Waals surface area contributed by atoms with E-state index in [4.69, 9.17) is 4.74 Å². The summed E-state index contributed by atoms with van der Waals surface area (Å²) in [5, 5.41) is 6.55. The summed E-state index contributed by atoms with van der Waals surface area (Å²) in [7, 11) is 0. The number of ether oxygens (including phenoxy) is 1. The van der Waals surface area contributed by atoms with Crippen molar-refractivity contribution in [1.29, 1.82) is 0 Å². The number of aromatic nitrogens is 1. The average molecular weight is 400 g/mol.